The van der Waals surface area contributed by atoms with Crippen molar-refractivity contribution in [1.29, 1.82) is 0 Å². The standard InChI is InChI=1S/C22H31N3O2/c1-22(2,3)27-21(26)25(23)17-16-24-15-14-20(18-10-6-4-7-11-18)19-12-8-5-9-13-19/h4-13,20,24H,14-17,23H2,1-3H3. The van der Waals surface area contributed by atoms with E-state index in [4.69, 9.17) is 10.6 Å². The van der Waals surface area contributed by atoms with E-state index < -0.39 is 11.7 Å². The van der Waals surface area contributed by atoms with Crippen LogP contribution in [-0.4, -0.2) is 36.3 Å². The van der Waals surface area contributed by atoms with E-state index in [-0.39, 0.29) is 0 Å². The van der Waals surface area contributed by atoms with Crippen molar-refractivity contribution in [2.45, 2.75) is 38.7 Å². The van der Waals surface area contributed by atoms with Crippen LogP contribution in [0.25, 0.3) is 0 Å². The number of hydrazine groups is 1. The van der Waals surface area contributed by atoms with Crippen molar-refractivity contribution in [2.75, 3.05) is 19.6 Å². The molecule has 3 N–H and O–H groups in total. The number of hydrogen-bond donors (Lipinski definition) is 2. The lowest BCUT2D eigenvalue weighted by atomic mass is 9.88. The second-order valence-corrected chi connectivity index (χ2v) is 7.59. The highest BCUT2D eigenvalue weighted by atomic mass is 16.6. The summed E-state index contributed by atoms with van der Waals surface area (Å²) in [5.74, 6) is 6.10. The van der Waals surface area contributed by atoms with Crippen molar-refractivity contribution in [2.24, 2.45) is 5.84 Å². The molecule has 0 radical (unpaired) electrons. The number of nitrogens with two attached hydrogens (primary N) is 1. The van der Waals surface area contributed by atoms with Gasteiger partial charge in [-0.05, 0) is 44.9 Å². The van der Waals surface area contributed by atoms with Crippen molar-refractivity contribution < 1.29 is 9.53 Å². The monoisotopic (exact) mass is 369 g/mol. The van der Waals surface area contributed by atoms with Crippen molar-refractivity contribution in [3.63, 3.8) is 0 Å². The third kappa shape index (κ3) is 7.41. The molecule has 0 aliphatic carbocycles. The Bertz CT molecular complexity index is 644. The minimum absolute atomic E-state index is 0.333. The molecule has 0 atom stereocenters. The van der Waals surface area contributed by atoms with Crippen LogP contribution in [0.4, 0.5) is 4.79 Å². The van der Waals surface area contributed by atoms with Crippen LogP contribution in [0.1, 0.15) is 44.2 Å². The molecule has 0 fully saturated rings. The molecule has 27 heavy (non-hydrogen) atoms. The molecule has 0 saturated heterocycles. The van der Waals surface area contributed by atoms with Crippen molar-refractivity contribution in [3.05, 3.63) is 71.8 Å². The average Bonchev–Trinajstić information content (AvgIpc) is 2.64. The maximum atomic E-state index is 11.9. The van der Waals surface area contributed by atoms with Crippen molar-refractivity contribution >= 4 is 6.09 Å². The molecule has 0 aromatic heterocycles. The van der Waals surface area contributed by atoms with E-state index in [1.54, 1.807) is 0 Å². The number of hydrogen-bond acceptors (Lipinski definition) is 4. The van der Waals surface area contributed by atoms with Gasteiger partial charge in [0.15, 0.2) is 0 Å². The van der Waals surface area contributed by atoms with Gasteiger partial charge in [-0.3, -0.25) is 0 Å². The fourth-order valence-electron chi connectivity index (χ4n) is 2.88. The van der Waals surface area contributed by atoms with E-state index in [0.29, 0.717) is 19.0 Å². The number of amides is 1. The van der Waals surface area contributed by atoms with E-state index >= 15 is 0 Å². The summed E-state index contributed by atoms with van der Waals surface area (Å²) >= 11 is 0. The molecule has 0 unspecified atom stereocenters. The minimum atomic E-state index is -0.541. The Morgan fingerprint density at radius 3 is 2.00 bits per heavy atom. The summed E-state index contributed by atoms with van der Waals surface area (Å²) < 4.78 is 5.24. The van der Waals surface area contributed by atoms with Crippen molar-refractivity contribution in [3.8, 4) is 0 Å². The molecule has 0 heterocycles. The van der Waals surface area contributed by atoms with Gasteiger partial charge in [-0.1, -0.05) is 60.7 Å². The molecule has 0 aliphatic rings. The highest BCUT2D eigenvalue weighted by Crippen LogP contribution is 2.27. The summed E-state index contributed by atoms with van der Waals surface area (Å²) in [6.45, 7) is 7.32. The first-order valence-electron chi connectivity index (χ1n) is 9.42. The highest BCUT2D eigenvalue weighted by molar-refractivity contribution is 5.67. The van der Waals surface area contributed by atoms with Gasteiger partial charge in [0.1, 0.15) is 5.60 Å². The molecule has 0 spiro atoms. The van der Waals surface area contributed by atoms with Gasteiger partial charge in [0.05, 0.1) is 6.54 Å². The average molecular weight is 370 g/mol. The topological polar surface area (TPSA) is 67.6 Å². The fourth-order valence-corrected chi connectivity index (χ4v) is 2.88. The van der Waals surface area contributed by atoms with Crippen LogP contribution in [0.2, 0.25) is 0 Å². The zero-order chi connectivity index (χ0) is 19.7. The molecule has 2 aromatic rings. The molecular weight excluding hydrogens is 338 g/mol. The van der Waals surface area contributed by atoms with Gasteiger partial charge in [0, 0.05) is 12.5 Å². The Hall–Kier alpha value is -2.37. The molecular formula is C22H31N3O2. The zero-order valence-corrected chi connectivity index (χ0v) is 16.5. The predicted octanol–water partition coefficient (Wildman–Crippen LogP) is 3.91. The fraction of sp³-hybridized carbons (Fsp3) is 0.409. The maximum absolute atomic E-state index is 11.9. The molecule has 2 rings (SSSR count). The Morgan fingerprint density at radius 1 is 1.00 bits per heavy atom. The quantitative estimate of drug-likeness (QED) is 0.320. The van der Waals surface area contributed by atoms with E-state index in [1.165, 1.54) is 11.1 Å². The van der Waals surface area contributed by atoms with E-state index in [0.717, 1.165) is 18.0 Å². The van der Waals surface area contributed by atoms with Crippen molar-refractivity contribution in [1.82, 2.24) is 10.3 Å². The molecule has 2 aromatic carbocycles. The van der Waals surface area contributed by atoms with Crippen LogP contribution >= 0.6 is 0 Å². The van der Waals surface area contributed by atoms with E-state index in [1.807, 2.05) is 32.9 Å². The third-order valence-corrected chi connectivity index (χ3v) is 4.17. The molecule has 0 saturated carbocycles. The second-order valence-electron chi connectivity index (χ2n) is 7.59. The molecule has 0 bridgehead atoms. The van der Waals surface area contributed by atoms with Gasteiger partial charge in [-0.15, -0.1) is 0 Å². The molecule has 1 amide bonds. The summed E-state index contributed by atoms with van der Waals surface area (Å²) in [6.07, 6.45) is 0.459. The lowest BCUT2D eigenvalue weighted by molar-refractivity contribution is 0.0250. The first-order chi connectivity index (χ1) is 12.9. The second kappa shape index (κ2) is 10.1. The number of benzene rings is 2. The third-order valence-electron chi connectivity index (χ3n) is 4.17. The van der Waals surface area contributed by atoms with Gasteiger partial charge in [0.2, 0.25) is 0 Å². The van der Waals surface area contributed by atoms with Gasteiger partial charge < -0.3 is 10.1 Å². The number of ether oxygens (including phenoxy) is 1. The predicted molar refractivity (Wildman–Crippen MR) is 109 cm³/mol. The van der Waals surface area contributed by atoms with Crippen LogP contribution in [0, 0.1) is 0 Å². The number of nitrogens with zero attached hydrogens (tertiary/aromatic N) is 1. The van der Waals surface area contributed by atoms with E-state index in [2.05, 4.69) is 53.8 Å². The van der Waals surface area contributed by atoms with Crippen LogP contribution in [0.3, 0.4) is 0 Å². The summed E-state index contributed by atoms with van der Waals surface area (Å²) in [5.41, 5.74) is 2.07. The lowest BCUT2D eigenvalue weighted by Crippen LogP contribution is -2.44. The maximum Gasteiger partial charge on any atom is 0.424 e. The number of carbonyl (C=O) groups is 1. The number of rotatable bonds is 8. The molecule has 146 valence electrons. The summed E-state index contributed by atoms with van der Waals surface area (Å²) in [6, 6.07) is 21.1. The minimum Gasteiger partial charge on any atom is -0.443 e. The Balaban J connectivity index is 1.82. The Kier molecular flexibility index (Phi) is 7.82. The SMILES string of the molecule is CC(C)(C)OC(=O)N(N)CCNCCC(c1ccccc1)c1ccccc1. The van der Waals surface area contributed by atoms with Crippen LogP contribution < -0.4 is 11.2 Å². The first-order valence-corrected chi connectivity index (χ1v) is 9.42. The van der Waals surface area contributed by atoms with Crippen LogP contribution in [-0.2, 0) is 4.74 Å². The zero-order valence-electron chi connectivity index (χ0n) is 16.5. The van der Waals surface area contributed by atoms with Gasteiger partial charge in [-0.2, -0.15) is 0 Å². The normalized spacial score (nSPS) is 11.4. The smallest absolute Gasteiger partial charge is 0.424 e. The summed E-state index contributed by atoms with van der Waals surface area (Å²) in [5, 5.41) is 4.49. The number of carbonyl (C=O) groups excluding carboxylic acids is 1. The summed E-state index contributed by atoms with van der Waals surface area (Å²) in [4.78, 5) is 11.9. The van der Waals surface area contributed by atoms with Gasteiger partial charge in [0.25, 0.3) is 0 Å². The Labute approximate surface area is 162 Å². The first kappa shape index (κ1) is 20.9. The number of nitrogens with one attached hydrogen (secondary N) is 1. The van der Waals surface area contributed by atoms with E-state index in [9.17, 15) is 4.79 Å². The van der Waals surface area contributed by atoms with Crippen LogP contribution in [0.5, 0.6) is 0 Å². The highest BCUT2D eigenvalue weighted by Gasteiger charge is 2.19. The largest absolute Gasteiger partial charge is 0.443 e. The van der Waals surface area contributed by atoms with Gasteiger partial charge in [-0.25, -0.2) is 15.6 Å². The van der Waals surface area contributed by atoms with Gasteiger partial charge >= 0.3 is 6.09 Å². The lowest BCUT2D eigenvalue weighted by Gasteiger charge is -2.24. The molecule has 0 aliphatic heterocycles. The molecule has 5 heteroatoms. The summed E-state index contributed by atoms with van der Waals surface area (Å²) in [7, 11) is 0. The molecule has 5 nitrogen and oxygen atoms in total. The van der Waals surface area contributed by atoms with Crippen LogP contribution in [0.15, 0.2) is 60.7 Å². The Morgan fingerprint density at radius 2 is 1.52 bits per heavy atom.